The third-order valence-corrected chi connectivity index (χ3v) is 2.99. The minimum absolute atomic E-state index is 0.170. The zero-order valence-corrected chi connectivity index (χ0v) is 10.7. The molecule has 2 rings (SSSR count). The average molecular weight is 269 g/mol. The van der Waals surface area contributed by atoms with Gasteiger partial charge in [0.05, 0.1) is 5.02 Å². The molecule has 2 aromatic rings. The quantitative estimate of drug-likeness (QED) is 0.800. The summed E-state index contributed by atoms with van der Waals surface area (Å²) in [4.78, 5) is 12.3. The zero-order valence-electron chi connectivity index (χ0n) is 9.15. The number of hydrogen-bond acceptors (Lipinski definition) is 2. The van der Waals surface area contributed by atoms with E-state index in [9.17, 15) is 4.79 Å². The molecule has 5 heteroatoms. The van der Waals surface area contributed by atoms with E-state index >= 15 is 0 Å². The number of ketones is 1. The van der Waals surface area contributed by atoms with Crippen molar-refractivity contribution in [3.8, 4) is 0 Å². The zero-order chi connectivity index (χ0) is 12.4. The summed E-state index contributed by atoms with van der Waals surface area (Å²) in [5, 5.41) is 4.93. The van der Waals surface area contributed by atoms with E-state index in [1.54, 1.807) is 35.1 Å². The van der Waals surface area contributed by atoms with E-state index < -0.39 is 0 Å². The average Bonchev–Trinajstić information content (AvgIpc) is 2.79. The molecular formula is C12H10Cl2N2O. The molecule has 1 aromatic carbocycles. The van der Waals surface area contributed by atoms with Crippen LogP contribution in [0.1, 0.15) is 23.0 Å². The standard InChI is InChI=1S/C12H10Cl2N2O/c1-2-16-11(5-6-15-16)12(17)9-7-8(13)3-4-10(9)14/h3-7H,2H2,1H3. The number of carbonyl (C=O) groups is 1. The Morgan fingerprint density at radius 1 is 1.35 bits per heavy atom. The molecular weight excluding hydrogens is 259 g/mol. The van der Waals surface area contributed by atoms with E-state index in [1.165, 1.54) is 0 Å². The Morgan fingerprint density at radius 2 is 2.12 bits per heavy atom. The molecule has 1 heterocycles. The van der Waals surface area contributed by atoms with E-state index in [-0.39, 0.29) is 5.78 Å². The molecule has 0 aliphatic heterocycles. The molecule has 0 atom stereocenters. The van der Waals surface area contributed by atoms with Crippen LogP contribution in [0.3, 0.4) is 0 Å². The number of aryl methyl sites for hydroxylation is 1. The van der Waals surface area contributed by atoms with Gasteiger partial charge in [0.15, 0.2) is 0 Å². The van der Waals surface area contributed by atoms with Gasteiger partial charge in [0.2, 0.25) is 5.78 Å². The maximum absolute atomic E-state index is 12.3. The molecule has 0 bridgehead atoms. The molecule has 0 unspecified atom stereocenters. The maximum Gasteiger partial charge on any atom is 0.212 e. The van der Waals surface area contributed by atoms with Gasteiger partial charge in [-0.3, -0.25) is 9.48 Å². The number of rotatable bonds is 3. The van der Waals surface area contributed by atoms with Crippen LogP contribution in [0.2, 0.25) is 10.0 Å². The van der Waals surface area contributed by atoms with Gasteiger partial charge >= 0.3 is 0 Å². The van der Waals surface area contributed by atoms with Crippen molar-refractivity contribution in [2.45, 2.75) is 13.5 Å². The van der Waals surface area contributed by atoms with Gasteiger partial charge in [0.1, 0.15) is 5.69 Å². The molecule has 17 heavy (non-hydrogen) atoms. The van der Waals surface area contributed by atoms with E-state index in [0.29, 0.717) is 27.8 Å². The van der Waals surface area contributed by atoms with E-state index in [4.69, 9.17) is 23.2 Å². The molecule has 88 valence electrons. The van der Waals surface area contributed by atoms with Gasteiger partial charge in [-0.05, 0) is 31.2 Å². The minimum atomic E-state index is -0.170. The lowest BCUT2D eigenvalue weighted by molar-refractivity contribution is 0.102. The third kappa shape index (κ3) is 2.35. The van der Waals surface area contributed by atoms with E-state index in [2.05, 4.69) is 5.10 Å². The normalized spacial score (nSPS) is 10.5. The fraction of sp³-hybridized carbons (Fsp3) is 0.167. The summed E-state index contributed by atoms with van der Waals surface area (Å²) in [6.07, 6.45) is 1.59. The Bertz CT molecular complexity index is 563. The fourth-order valence-corrected chi connectivity index (χ4v) is 1.96. The summed E-state index contributed by atoms with van der Waals surface area (Å²) in [5.74, 6) is -0.170. The number of nitrogens with zero attached hydrogens (tertiary/aromatic N) is 2. The Hall–Kier alpha value is -1.32. The Morgan fingerprint density at radius 3 is 2.82 bits per heavy atom. The van der Waals surface area contributed by atoms with Crippen LogP contribution in [0.4, 0.5) is 0 Å². The minimum Gasteiger partial charge on any atom is -0.287 e. The first kappa shape index (κ1) is 12.1. The Labute approximate surface area is 109 Å². The van der Waals surface area contributed by atoms with Gasteiger partial charge in [0.25, 0.3) is 0 Å². The largest absolute Gasteiger partial charge is 0.287 e. The lowest BCUT2D eigenvalue weighted by atomic mass is 10.1. The predicted molar refractivity (Wildman–Crippen MR) is 67.8 cm³/mol. The van der Waals surface area contributed by atoms with Crippen molar-refractivity contribution in [3.63, 3.8) is 0 Å². The number of benzene rings is 1. The van der Waals surface area contributed by atoms with Gasteiger partial charge in [-0.15, -0.1) is 0 Å². The predicted octanol–water partition coefficient (Wildman–Crippen LogP) is 3.44. The first-order chi connectivity index (χ1) is 8.13. The molecule has 3 nitrogen and oxygen atoms in total. The van der Waals surface area contributed by atoms with Gasteiger partial charge in [-0.25, -0.2) is 0 Å². The number of halogens is 2. The molecule has 0 aliphatic rings. The molecule has 0 N–H and O–H groups in total. The maximum atomic E-state index is 12.3. The molecule has 0 saturated carbocycles. The van der Waals surface area contributed by atoms with Gasteiger partial charge in [-0.2, -0.15) is 5.10 Å². The molecule has 0 spiro atoms. The second kappa shape index (κ2) is 4.90. The van der Waals surface area contributed by atoms with Crippen LogP contribution in [-0.4, -0.2) is 15.6 Å². The van der Waals surface area contributed by atoms with Gasteiger partial charge in [0, 0.05) is 23.3 Å². The SMILES string of the molecule is CCn1nccc1C(=O)c1cc(Cl)ccc1Cl. The van der Waals surface area contributed by atoms with Crippen LogP contribution in [0.25, 0.3) is 0 Å². The highest BCUT2D eigenvalue weighted by Crippen LogP contribution is 2.23. The summed E-state index contributed by atoms with van der Waals surface area (Å²) in [6, 6.07) is 6.50. The van der Waals surface area contributed by atoms with Crippen LogP contribution < -0.4 is 0 Å². The van der Waals surface area contributed by atoms with Crippen LogP contribution in [0, 0.1) is 0 Å². The number of carbonyl (C=O) groups excluding carboxylic acids is 1. The monoisotopic (exact) mass is 268 g/mol. The highest BCUT2D eigenvalue weighted by Gasteiger charge is 2.16. The lowest BCUT2D eigenvalue weighted by Gasteiger charge is -2.06. The summed E-state index contributed by atoms with van der Waals surface area (Å²) in [6.45, 7) is 2.55. The highest BCUT2D eigenvalue weighted by atomic mass is 35.5. The van der Waals surface area contributed by atoms with Crippen LogP contribution >= 0.6 is 23.2 Å². The van der Waals surface area contributed by atoms with Crippen molar-refractivity contribution < 1.29 is 4.79 Å². The lowest BCUT2D eigenvalue weighted by Crippen LogP contribution is -2.10. The summed E-state index contributed by atoms with van der Waals surface area (Å²) in [7, 11) is 0. The van der Waals surface area contributed by atoms with Crippen molar-refractivity contribution in [1.82, 2.24) is 9.78 Å². The highest BCUT2D eigenvalue weighted by molar-refractivity contribution is 6.36. The topological polar surface area (TPSA) is 34.9 Å². The number of hydrogen-bond donors (Lipinski definition) is 0. The molecule has 0 fully saturated rings. The van der Waals surface area contributed by atoms with Crippen LogP contribution in [-0.2, 0) is 6.54 Å². The van der Waals surface area contributed by atoms with Gasteiger partial charge in [-0.1, -0.05) is 23.2 Å². The number of aromatic nitrogens is 2. The second-order valence-corrected chi connectivity index (χ2v) is 4.33. The second-order valence-electron chi connectivity index (χ2n) is 3.49. The molecule has 0 aliphatic carbocycles. The third-order valence-electron chi connectivity index (χ3n) is 2.42. The van der Waals surface area contributed by atoms with Crippen molar-refractivity contribution in [3.05, 3.63) is 51.8 Å². The molecule has 0 radical (unpaired) electrons. The van der Waals surface area contributed by atoms with Crippen molar-refractivity contribution in [2.75, 3.05) is 0 Å². The smallest absolute Gasteiger partial charge is 0.212 e. The fourth-order valence-electron chi connectivity index (χ4n) is 1.59. The Kier molecular flexibility index (Phi) is 3.50. The Balaban J connectivity index is 2.47. The van der Waals surface area contributed by atoms with Gasteiger partial charge < -0.3 is 0 Å². The van der Waals surface area contributed by atoms with E-state index in [1.807, 2.05) is 6.92 Å². The van der Waals surface area contributed by atoms with Crippen molar-refractivity contribution in [2.24, 2.45) is 0 Å². The van der Waals surface area contributed by atoms with Crippen molar-refractivity contribution in [1.29, 1.82) is 0 Å². The van der Waals surface area contributed by atoms with Crippen molar-refractivity contribution >= 4 is 29.0 Å². The summed E-state index contributed by atoms with van der Waals surface area (Å²) >= 11 is 11.9. The van der Waals surface area contributed by atoms with Crippen LogP contribution in [0.15, 0.2) is 30.5 Å². The van der Waals surface area contributed by atoms with E-state index in [0.717, 1.165) is 0 Å². The molecule has 0 saturated heterocycles. The first-order valence-electron chi connectivity index (χ1n) is 5.15. The van der Waals surface area contributed by atoms with Crippen LogP contribution in [0.5, 0.6) is 0 Å². The molecule has 0 amide bonds. The summed E-state index contributed by atoms with van der Waals surface area (Å²) in [5.41, 5.74) is 0.908. The molecule has 1 aromatic heterocycles. The summed E-state index contributed by atoms with van der Waals surface area (Å²) < 4.78 is 1.62. The first-order valence-corrected chi connectivity index (χ1v) is 5.90.